The van der Waals surface area contributed by atoms with E-state index < -0.39 is 0 Å². The Morgan fingerprint density at radius 1 is 1.36 bits per heavy atom. The fraction of sp³-hybridized carbons (Fsp3) is 0.938. The Kier molecular flexibility index (Phi) is 7.83. The van der Waals surface area contributed by atoms with Gasteiger partial charge in [0.2, 0.25) is 0 Å². The highest BCUT2D eigenvalue weighted by Crippen LogP contribution is 2.27. The minimum absolute atomic E-state index is 0.582. The van der Waals surface area contributed by atoms with Crippen molar-refractivity contribution in [2.45, 2.75) is 37.5 Å². The molecule has 1 heterocycles. The topological polar surface area (TPSA) is 48.9 Å². The molecule has 1 aliphatic heterocycles. The van der Waals surface area contributed by atoms with Gasteiger partial charge in [-0.15, -0.1) is 0 Å². The fourth-order valence-corrected chi connectivity index (χ4v) is 4.03. The third kappa shape index (κ3) is 5.97. The van der Waals surface area contributed by atoms with E-state index in [0.29, 0.717) is 12.0 Å². The zero-order valence-electron chi connectivity index (χ0n) is 14.3. The van der Waals surface area contributed by atoms with E-state index in [1.807, 2.05) is 18.8 Å². The van der Waals surface area contributed by atoms with Gasteiger partial charge in [-0.25, -0.2) is 0 Å². The highest BCUT2D eigenvalue weighted by atomic mass is 32.2. The summed E-state index contributed by atoms with van der Waals surface area (Å²) < 4.78 is 5.40. The molecule has 3 unspecified atom stereocenters. The maximum Gasteiger partial charge on any atom is 0.191 e. The summed E-state index contributed by atoms with van der Waals surface area (Å²) in [4.78, 5) is 6.87. The number of nitrogens with zero attached hydrogens (tertiary/aromatic N) is 2. The summed E-state index contributed by atoms with van der Waals surface area (Å²) >= 11 is 1.99. The highest BCUT2D eigenvalue weighted by molar-refractivity contribution is 7.99. The van der Waals surface area contributed by atoms with Crippen LogP contribution in [0.3, 0.4) is 0 Å². The first-order valence-corrected chi connectivity index (χ1v) is 9.80. The number of hydrogen-bond acceptors (Lipinski definition) is 4. The molecule has 128 valence electrons. The molecule has 0 aromatic carbocycles. The summed E-state index contributed by atoms with van der Waals surface area (Å²) in [5.41, 5.74) is 0. The molecule has 1 saturated carbocycles. The van der Waals surface area contributed by atoms with E-state index in [4.69, 9.17) is 4.74 Å². The minimum atomic E-state index is 0.582. The van der Waals surface area contributed by atoms with Crippen molar-refractivity contribution in [3.63, 3.8) is 0 Å². The number of morpholine rings is 1. The van der Waals surface area contributed by atoms with Crippen molar-refractivity contribution >= 4 is 17.7 Å². The summed E-state index contributed by atoms with van der Waals surface area (Å²) in [6, 6.07) is 0.582. The molecule has 2 N–H and O–H groups in total. The van der Waals surface area contributed by atoms with Crippen molar-refractivity contribution in [1.29, 1.82) is 0 Å². The van der Waals surface area contributed by atoms with Gasteiger partial charge in [0, 0.05) is 44.5 Å². The number of hydrogen-bond donors (Lipinski definition) is 2. The van der Waals surface area contributed by atoms with Crippen LogP contribution in [-0.2, 0) is 4.74 Å². The van der Waals surface area contributed by atoms with E-state index in [-0.39, 0.29) is 0 Å². The third-order valence-electron chi connectivity index (χ3n) is 4.57. The average Bonchev–Trinajstić information content (AvgIpc) is 3.00. The van der Waals surface area contributed by atoms with Gasteiger partial charge in [0.1, 0.15) is 0 Å². The van der Waals surface area contributed by atoms with Crippen molar-refractivity contribution in [2.24, 2.45) is 10.9 Å². The second-order valence-corrected chi connectivity index (χ2v) is 7.62. The Balaban J connectivity index is 1.65. The number of guanidine groups is 1. The quantitative estimate of drug-likeness (QED) is 0.570. The van der Waals surface area contributed by atoms with E-state index in [0.717, 1.165) is 50.6 Å². The molecule has 2 rings (SSSR count). The Morgan fingerprint density at radius 2 is 2.14 bits per heavy atom. The standard InChI is InChI=1S/C16H32N4OS/c1-13(12-20-6-8-21-9-7-20)11-18-16(17-2)19-14-4-5-15(10-14)22-3/h13-15H,4-12H2,1-3H3,(H2,17,18,19). The lowest BCUT2D eigenvalue weighted by atomic mass is 10.1. The van der Waals surface area contributed by atoms with Crippen LogP contribution in [0.5, 0.6) is 0 Å². The van der Waals surface area contributed by atoms with Gasteiger partial charge in [0.05, 0.1) is 13.2 Å². The van der Waals surface area contributed by atoms with Gasteiger partial charge in [-0.3, -0.25) is 9.89 Å². The summed E-state index contributed by atoms with van der Waals surface area (Å²) in [6.45, 7) is 8.28. The van der Waals surface area contributed by atoms with Gasteiger partial charge >= 0.3 is 0 Å². The summed E-state index contributed by atoms with van der Waals surface area (Å²) in [5, 5.41) is 7.89. The van der Waals surface area contributed by atoms with Gasteiger partial charge in [0.15, 0.2) is 5.96 Å². The maximum absolute atomic E-state index is 5.40. The molecule has 2 fully saturated rings. The monoisotopic (exact) mass is 328 g/mol. The van der Waals surface area contributed by atoms with Crippen LogP contribution < -0.4 is 10.6 Å². The van der Waals surface area contributed by atoms with E-state index in [2.05, 4.69) is 33.7 Å². The van der Waals surface area contributed by atoms with Crippen LogP contribution in [0.4, 0.5) is 0 Å². The zero-order chi connectivity index (χ0) is 15.8. The van der Waals surface area contributed by atoms with Crippen LogP contribution >= 0.6 is 11.8 Å². The van der Waals surface area contributed by atoms with Crippen LogP contribution in [0.1, 0.15) is 26.2 Å². The molecule has 6 heteroatoms. The number of nitrogens with one attached hydrogen (secondary N) is 2. The lowest BCUT2D eigenvalue weighted by Crippen LogP contribution is -2.46. The molecule has 0 bridgehead atoms. The van der Waals surface area contributed by atoms with Crippen molar-refractivity contribution in [2.75, 3.05) is 52.7 Å². The van der Waals surface area contributed by atoms with Gasteiger partial charge < -0.3 is 15.4 Å². The van der Waals surface area contributed by atoms with Crippen LogP contribution in [0, 0.1) is 5.92 Å². The zero-order valence-corrected chi connectivity index (χ0v) is 15.1. The van der Waals surface area contributed by atoms with Crippen LogP contribution in [0.2, 0.25) is 0 Å². The van der Waals surface area contributed by atoms with Crippen LogP contribution in [0.25, 0.3) is 0 Å². The molecule has 2 aliphatic rings. The first-order valence-electron chi connectivity index (χ1n) is 8.51. The molecular weight excluding hydrogens is 296 g/mol. The van der Waals surface area contributed by atoms with Crippen molar-refractivity contribution in [1.82, 2.24) is 15.5 Å². The lowest BCUT2D eigenvalue weighted by Gasteiger charge is -2.29. The molecule has 0 aromatic heterocycles. The van der Waals surface area contributed by atoms with Crippen LogP contribution in [0.15, 0.2) is 4.99 Å². The molecular formula is C16H32N4OS. The number of aliphatic imine (C=N–C) groups is 1. The van der Waals surface area contributed by atoms with Crippen molar-refractivity contribution < 1.29 is 4.74 Å². The van der Waals surface area contributed by atoms with E-state index in [1.54, 1.807) is 0 Å². The number of ether oxygens (including phenoxy) is 1. The lowest BCUT2D eigenvalue weighted by molar-refractivity contribution is 0.0320. The molecule has 0 radical (unpaired) electrons. The predicted octanol–water partition coefficient (Wildman–Crippen LogP) is 1.40. The highest BCUT2D eigenvalue weighted by Gasteiger charge is 2.24. The number of rotatable bonds is 6. The maximum atomic E-state index is 5.40. The van der Waals surface area contributed by atoms with Gasteiger partial charge in [-0.2, -0.15) is 11.8 Å². The second kappa shape index (κ2) is 9.63. The third-order valence-corrected chi connectivity index (χ3v) is 5.67. The van der Waals surface area contributed by atoms with E-state index in [1.165, 1.54) is 19.3 Å². The van der Waals surface area contributed by atoms with E-state index in [9.17, 15) is 0 Å². The molecule has 3 atom stereocenters. The van der Waals surface area contributed by atoms with Gasteiger partial charge in [-0.1, -0.05) is 6.92 Å². The summed E-state index contributed by atoms with van der Waals surface area (Å²) in [5.74, 6) is 1.57. The predicted molar refractivity (Wildman–Crippen MR) is 95.9 cm³/mol. The summed E-state index contributed by atoms with van der Waals surface area (Å²) in [7, 11) is 1.86. The molecule has 1 saturated heterocycles. The average molecular weight is 329 g/mol. The van der Waals surface area contributed by atoms with Crippen molar-refractivity contribution in [3.05, 3.63) is 0 Å². The largest absolute Gasteiger partial charge is 0.379 e. The molecule has 0 aromatic rings. The normalized spacial score (nSPS) is 28.6. The van der Waals surface area contributed by atoms with Gasteiger partial charge in [-0.05, 0) is 31.4 Å². The van der Waals surface area contributed by atoms with Gasteiger partial charge in [0.25, 0.3) is 0 Å². The Labute approximate surface area is 139 Å². The second-order valence-electron chi connectivity index (χ2n) is 6.48. The number of thioether (sulfide) groups is 1. The minimum Gasteiger partial charge on any atom is -0.379 e. The Bertz CT molecular complexity index is 347. The molecule has 22 heavy (non-hydrogen) atoms. The fourth-order valence-electron chi connectivity index (χ4n) is 3.23. The molecule has 0 spiro atoms. The molecule has 5 nitrogen and oxygen atoms in total. The van der Waals surface area contributed by atoms with Crippen LogP contribution in [-0.4, -0.2) is 74.8 Å². The Morgan fingerprint density at radius 3 is 2.77 bits per heavy atom. The van der Waals surface area contributed by atoms with Crippen molar-refractivity contribution in [3.8, 4) is 0 Å². The SMILES string of the molecule is CN=C(NCC(C)CN1CCOCC1)NC1CCC(SC)C1. The Hall–Kier alpha value is -0.460. The molecule has 0 amide bonds. The van der Waals surface area contributed by atoms with E-state index >= 15 is 0 Å². The summed E-state index contributed by atoms with van der Waals surface area (Å²) in [6.07, 6.45) is 6.05. The molecule has 1 aliphatic carbocycles. The smallest absolute Gasteiger partial charge is 0.191 e. The first kappa shape index (κ1) is 17.9. The first-order chi connectivity index (χ1) is 10.7.